The Balaban J connectivity index is 2.63. The highest BCUT2D eigenvalue weighted by Gasteiger charge is 2.47. The van der Waals surface area contributed by atoms with Crippen LogP contribution in [0.3, 0.4) is 0 Å². The first-order valence-electron chi connectivity index (χ1n) is 36.0. The van der Waals surface area contributed by atoms with Crippen molar-refractivity contribution in [2.45, 2.75) is 333 Å². The number of hydrogen-bond acceptors (Lipinski definition) is 10. The molecule has 0 bridgehead atoms. The SMILES string of the molecule is CC/C=C\C/C=C\C/C=C\C/C=C\C/C=C\C/C=C\CCCCCCC(=O)OC1C(OCC(NC(=O)C(O)CCCCCCCCCC/C=C\C/C=C\C/C=C\C/C=C\CCCCC)C(O)/C=C/CCCCCCCCCCCCC)OC(CO)C(O)C1O. The van der Waals surface area contributed by atoms with Crippen LogP contribution in [-0.2, 0) is 23.8 Å². The molecule has 89 heavy (non-hydrogen) atoms. The lowest BCUT2D eigenvalue weighted by atomic mass is 9.99. The minimum Gasteiger partial charge on any atom is -0.454 e. The molecule has 0 saturated carbocycles. The maximum atomic E-state index is 13.5. The van der Waals surface area contributed by atoms with E-state index in [0.717, 1.165) is 141 Å². The second-order valence-electron chi connectivity index (χ2n) is 24.2. The highest BCUT2D eigenvalue weighted by molar-refractivity contribution is 5.80. The van der Waals surface area contributed by atoms with Gasteiger partial charge in [-0.25, -0.2) is 0 Å². The van der Waals surface area contributed by atoms with Crippen molar-refractivity contribution in [1.29, 1.82) is 0 Å². The molecule has 11 nitrogen and oxygen atoms in total. The van der Waals surface area contributed by atoms with Crippen molar-refractivity contribution in [3.05, 3.63) is 134 Å². The van der Waals surface area contributed by atoms with Crippen molar-refractivity contribution < 1.29 is 49.3 Å². The summed E-state index contributed by atoms with van der Waals surface area (Å²) in [5, 5.41) is 57.3. The zero-order valence-corrected chi connectivity index (χ0v) is 56.5. The fourth-order valence-corrected chi connectivity index (χ4v) is 10.4. The van der Waals surface area contributed by atoms with Crippen LogP contribution in [0.5, 0.6) is 0 Å². The molecule has 0 aromatic rings. The third-order valence-corrected chi connectivity index (χ3v) is 16.0. The molecule has 1 aliphatic heterocycles. The van der Waals surface area contributed by atoms with Crippen LogP contribution in [0.4, 0.5) is 0 Å². The quantitative estimate of drug-likeness (QED) is 0.0195. The summed E-state index contributed by atoms with van der Waals surface area (Å²) >= 11 is 0. The number of carbonyl (C=O) groups is 2. The van der Waals surface area contributed by atoms with Crippen molar-refractivity contribution in [1.82, 2.24) is 5.32 Å². The molecule has 1 heterocycles. The number of esters is 1. The zero-order valence-electron chi connectivity index (χ0n) is 56.5. The highest BCUT2D eigenvalue weighted by Crippen LogP contribution is 2.26. The summed E-state index contributed by atoms with van der Waals surface area (Å²) in [6.07, 6.45) is 80.5. The second-order valence-corrected chi connectivity index (χ2v) is 24.2. The number of unbranched alkanes of at least 4 members (excludes halogenated alkanes) is 26. The molecule has 6 N–H and O–H groups in total. The summed E-state index contributed by atoms with van der Waals surface area (Å²) in [6, 6.07) is -1.04. The predicted octanol–water partition coefficient (Wildman–Crippen LogP) is 18.7. The molecule has 1 saturated heterocycles. The predicted molar refractivity (Wildman–Crippen MR) is 374 cm³/mol. The van der Waals surface area contributed by atoms with Crippen molar-refractivity contribution in [2.24, 2.45) is 0 Å². The topological polar surface area (TPSA) is 175 Å². The Morgan fingerprint density at radius 1 is 0.449 bits per heavy atom. The summed E-state index contributed by atoms with van der Waals surface area (Å²) in [6.45, 7) is 5.65. The molecule has 508 valence electrons. The number of hydrogen-bond donors (Lipinski definition) is 6. The van der Waals surface area contributed by atoms with Gasteiger partial charge in [0.05, 0.1) is 25.4 Å². The molecule has 1 amide bonds. The fraction of sp³-hybridized carbons (Fsp3) is 0.692. The molecule has 8 unspecified atom stereocenters. The van der Waals surface area contributed by atoms with Gasteiger partial charge in [0.1, 0.15) is 24.4 Å². The maximum Gasteiger partial charge on any atom is 0.306 e. The zero-order chi connectivity index (χ0) is 64.6. The van der Waals surface area contributed by atoms with Gasteiger partial charge in [0.15, 0.2) is 12.4 Å². The van der Waals surface area contributed by atoms with Crippen molar-refractivity contribution in [2.75, 3.05) is 13.2 Å². The molecule has 1 rings (SSSR count). The van der Waals surface area contributed by atoms with Gasteiger partial charge in [-0.2, -0.15) is 0 Å². The first kappa shape index (κ1) is 82.8. The van der Waals surface area contributed by atoms with E-state index < -0.39 is 67.4 Å². The first-order valence-corrected chi connectivity index (χ1v) is 36.0. The average Bonchev–Trinajstić information content (AvgIpc) is 3.20. The standard InChI is InChI=1S/C78H131NO10/c1-4-7-10-13-16-19-22-25-27-29-31-33-35-37-38-40-42-44-47-50-53-56-59-62-65-71(82)77(86)79-69(70(81)64-61-58-55-52-49-46-24-21-18-15-12-9-6-3)68-87-78-76(75(85)74(84)72(67-80)88-78)89-73(83)66-63-60-57-54-51-48-45-43-41-39-36-34-32-30-28-26-23-20-17-14-11-8-5-2/h8,11,16-17,19-20,25-28,31-34,37-39,41,45,48,61,64,69-72,74-76,78,80-82,84-85H,4-7,9-10,12-15,18,21-24,29-30,35-36,40,42-44,46-47,49-60,62-63,65-68H2,1-3H3,(H,79,86)/b11-8-,19-16-,20-17-,27-25-,28-26-,33-31-,34-32-,38-37-,41-39-,48-45-,64-61+. The Morgan fingerprint density at radius 2 is 0.809 bits per heavy atom. The minimum atomic E-state index is -1.64. The normalized spacial score (nSPS) is 18.9. The van der Waals surface area contributed by atoms with Crippen LogP contribution in [0.25, 0.3) is 0 Å². The van der Waals surface area contributed by atoms with E-state index in [2.05, 4.69) is 148 Å². The van der Waals surface area contributed by atoms with E-state index in [1.807, 2.05) is 6.08 Å². The molecule has 0 aliphatic carbocycles. The summed E-state index contributed by atoms with van der Waals surface area (Å²) < 4.78 is 17.7. The number of carbonyl (C=O) groups excluding carboxylic acids is 2. The lowest BCUT2D eigenvalue weighted by molar-refractivity contribution is -0.305. The Bertz CT molecular complexity index is 1960. The van der Waals surface area contributed by atoms with Crippen LogP contribution >= 0.6 is 0 Å². The molecule has 8 atom stereocenters. The third-order valence-electron chi connectivity index (χ3n) is 16.0. The monoisotopic (exact) mass is 1240 g/mol. The van der Waals surface area contributed by atoms with E-state index in [4.69, 9.17) is 14.2 Å². The number of allylic oxidation sites excluding steroid dienone is 21. The van der Waals surface area contributed by atoms with Crippen LogP contribution < -0.4 is 5.32 Å². The van der Waals surface area contributed by atoms with Gasteiger partial charge in [0, 0.05) is 6.42 Å². The Hall–Kier alpha value is -4.20. The van der Waals surface area contributed by atoms with Crippen LogP contribution in [0.2, 0.25) is 0 Å². The Labute approximate surface area is 543 Å². The molecule has 0 aromatic heterocycles. The minimum absolute atomic E-state index is 0.0857. The number of ether oxygens (including phenoxy) is 3. The lowest BCUT2D eigenvalue weighted by Gasteiger charge is -2.41. The van der Waals surface area contributed by atoms with Crippen molar-refractivity contribution in [3.63, 3.8) is 0 Å². The van der Waals surface area contributed by atoms with Gasteiger partial charge >= 0.3 is 5.97 Å². The summed E-state index contributed by atoms with van der Waals surface area (Å²) in [5.74, 6) is -1.23. The van der Waals surface area contributed by atoms with E-state index in [-0.39, 0.29) is 19.4 Å². The van der Waals surface area contributed by atoms with Crippen molar-refractivity contribution in [3.8, 4) is 0 Å². The van der Waals surface area contributed by atoms with Gasteiger partial charge < -0.3 is 45.1 Å². The summed E-state index contributed by atoms with van der Waals surface area (Å²) in [5.41, 5.74) is 0. The lowest BCUT2D eigenvalue weighted by Crippen LogP contribution is -2.61. The van der Waals surface area contributed by atoms with Gasteiger partial charge in [-0.3, -0.25) is 9.59 Å². The third kappa shape index (κ3) is 51.1. The van der Waals surface area contributed by atoms with Gasteiger partial charge in [0.25, 0.3) is 0 Å². The van der Waals surface area contributed by atoms with E-state index in [0.29, 0.717) is 12.8 Å². The van der Waals surface area contributed by atoms with E-state index >= 15 is 0 Å². The fourth-order valence-electron chi connectivity index (χ4n) is 10.4. The largest absolute Gasteiger partial charge is 0.454 e. The molecule has 0 aromatic carbocycles. The number of aliphatic hydroxyl groups excluding tert-OH is 5. The van der Waals surface area contributed by atoms with Gasteiger partial charge in [-0.05, 0) is 122 Å². The van der Waals surface area contributed by atoms with Crippen LogP contribution in [0, 0.1) is 0 Å². The number of rotatable bonds is 60. The molecule has 1 fully saturated rings. The van der Waals surface area contributed by atoms with E-state index in [9.17, 15) is 35.1 Å². The summed E-state index contributed by atoms with van der Waals surface area (Å²) in [4.78, 5) is 26.7. The molecule has 11 heteroatoms. The van der Waals surface area contributed by atoms with E-state index in [1.54, 1.807) is 6.08 Å². The number of amides is 1. The molecular formula is C78H131NO10. The smallest absolute Gasteiger partial charge is 0.306 e. The van der Waals surface area contributed by atoms with Crippen LogP contribution in [-0.4, -0.2) is 99.6 Å². The van der Waals surface area contributed by atoms with Gasteiger partial charge in [0.2, 0.25) is 5.91 Å². The molecule has 0 radical (unpaired) electrons. The first-order chi connectivity index (χ1) is 43.7. The molecule has 1 aliphatic rings. The maximum absolute atomic E-state index is 13.5. The average molecular weight is 1240 g/mol. The number of aliphatic hydroxyl groups is 5. The molecular weight excluding hydrogens is 1110 g/mol. The summed E-state index contributed by atoms with van der Waals surface area (Å²) in [7, 11) is 0. The van der Waals surface area contributed by atoms with Crippen LogP contribution in [0.1, 0.15) is 284 Å². The van der Waals surface area contributed by atoms with Crippen LogP contribution in [0.15, 0.2) is 134 Å². The molecule has 0 spiro atoms. The van der Waals surface area contributed by atoms with Gasteiger partial charge in [-0.1, -0.05) is 289 Å². The second kappa shape index (κ2) is 63.9. The van der Waals surface area contributed by atoms with E-state index in [1.165, 1.54) is 96.3 Å². The van der Waals surface area contributed by atoms with Crippen molar-refractivity contribution >= 4 is 11.9 Å². The number of nitrogens with one attached hydrogen (secondary N) is 1. The van der Waals surface area contributed by atoms with Gasteiger partial charge in [-0.15, -0.1) is 0 Å². The Morgan fingerprint density at radius 3 is 1.24 bits per heavy atom. The Kier molecular flexibility index (Phi) is 59.5. The highest BCUT2D eigenvalue weighted by atomic mass is 16.7.